The molecule has 1 rings (SSSR count). The summed E-state index contributed by atoms with van der Waals surface area (Å²) in [6.45, 7) is 18.7. The highest BCUT2D eigenvalue weighted by molar-refractivity contribution is 4.93. The second-order valence-corrected chi connectivity index (χ2v) is 8.37. The Morgan fingerprint density at radius 1 is 0.762 bits per heavy atom. The van der Waals surface area contributed by atoms with Gasteiger partial charge in [-0.05, 0) is 41.9 Å². The second-order valence-electron chi connectivity index (χ2n) is 8.37. The predicted octanol–water partition coefficient (Wildman–Crippen LogP) is 5.22. The van der Waals surface area contributed by atoms with Crippen LogP contribution in [0.2, 0.25) is 0 Å². The van der Waals surface area contributed by atoms with Gasteiger partial charge in [0.1, 0.15) is 0 Å². The molecule has 1 aliphatic rings. The molecule has 0 aromatic heterocycles. The molecule has 1 heterocycles. The molecule has 2 heteroatoms. The Morgan fingerprint density at radius 3 is 1.57 bits per heavy atom. The Balaban J connectivity index is 3.16. The summed E-state index contributed by atoms with van der Waals surface area (Å²) >= 11 is 0. The van der Waals surface area contributed by atoms with Crippen molar-refractivity contribution in [1.29, 1.82) is 0 Å². The SMILES string of the molecule is COC1OC(CC(C)C)C(C(C)C)C(C(C)C)C1C(C)C. The normalized spacial score (nSPS) is 34.4. The largest absolute Gasteiger partial charge is 0.356 e. The van der Waals surface area contributed by atoms with E-state index in [4.69, 9.17) is 9.47 Å². The van der Waals surface area contributed by atoms with E-state index in [1.807, 2.05) is 0 Å². The van der Waals surface area contributed by atoms with Crippen molar-refractivity contribution in [2.75, 3.05) is 7.11 Å². The zero-order chi connectivity index (χ0) is 16.3. The lowest BCUT2D eigenvalue weighted by Gasteiger charge is -2.52. The molecule has 0 aromatic carbocycles. The first-order chi connectivity index (χ1) is 9.70. The molecule has 21 heavy (non-hydrogen) atoms. The summed E-state index contributed by atoms with van der Waals surface area (Å²) < 4.78 is 12.2. The van der Waals surface area contributed by atoms with Gasteiger partial charge in [0.25, 0.3) is 0 Å². The van der Waals surface area contributed by atoms with Gasteiger partial charge in [0.2, 0.25) is 0 Å². The number of hydrogen-bond acceptors (Lipinski definition) is 2. The molecular formula is C19H38O2. The first-order valence-electron chi connectivity index (χ1n) is 8.88. The van der Waals surface area contributed by atoms with Crippen molar-refractivity contribution in [3.05, 3.63) is 0 Å². The first-order valence-corrected chi connectivity index (χ1v) is 8.88. The summed E-state index contributed by atoms with van der Waals surface area (Å²) in [5.74, 6) is 4.37. The Morgan fingerprint density at radius 2 is 1.24 bits per heavy atom. The van der Waals surface area contributed by atoms with E-state index in [-0.39, 0.29) is 6.29 Å². The van der Waals surface area contributed by atoms with Gasteiger partial charge in [-0.1, -0.05) is 55.4 Å². The molecule has 0 saturated carbocycles. The zero-order valence-electron chi connectivity index (χ0n) is 15.7. The summed E-state index contributed by atoms with van der Waals surface area (Å²) in [5.41, 5.74) is 0. The van der Waals surface area contributed by atoms with Gasteiger partial charge >= 0.3 is 0 Å². The van der Waals surface area contributed by atoms with E-state index in [1.165, 1.54) is 0 Å². The maximum atomic E-state index is 6.45. The average Bonchev–Trinajstić information content (AvgIpc) is 2.35. The molecule has 0 amide bonds. The highest BCUT2D eigenvalue weighted by Gasteiger charge is 2.48. The smallest absolute Gasteiger partial charge is 0.160 e. The summed E-state index contributed by atoms with van der Waals surface area (Å²) in [6.07, 6.45) is 1.42. The standard InChI is InChI=1S/C19H38O2/c1-11(2)10-15-16(12(3)4)17(13(5)6)18(14(7)8)19(20-9)21-15/h11-19H,10H2,1-9H3. The molecule has 1 saturated heterocycles. The lowest BCUT2D eigenvalue weighted by molar-refractivity contribution is -0.268. The third-order valence-electron chi connectivity index (χ3n) is 5.19. The van der Waals surface area contributed by atoms with E-state index in [1.54, 1.807) is 7.11 Å². The highest BCUT2D eigenvalue weighted by atomic mass is 16.7. The van der Waals surface area contributed by atoms with Crippen molar-refractivity contribution in [2.24, 2.45) is 41.4 Å². The van der Waals surface area contributed by atoms with Gasteiger partial charge in [0.05, 0.1) is 6.10 Å². The molecule has 2 nitrogen and oxygen atoms in total. The molecule has 5 atom stereocenters. The topological polar surface area (TPSA) is 18.5 Å². The third kappa shape index (κ3) is 4.45. The van der Waals surface area contributed by atoms with Gasteiger partial charge < -0.3 is 9.47 Å². The number of ether oxygens (including phenoxy) is 2. The van der Waals surface area contributed by atoms with E-state index < -0.39 is 0 Å². The number of methoxy groups -OCH3 is 1. The summed E-state index contributed by atoms with van der Waals surface area (Å²) in [4.78, 5) is 0. The lowest BCUT2D eigenvalue weighted by atomic mass is 9.62. The van der Waals surface area contributed by atoms with Crippen LogP contribution >= 0.6 is 0 Å². The fraction of sp³-hybridized carbons (Fsp3) is 1.00. The van der Waals surface area contributed by atoms with E-state index in [9.17, 15) is 0 Å². The van der Waals surface area contributed by atoms with Crippen molar-refractivity contribution in [3.8, 4) is 0 Å². The highest BCUT2D eigenvalue weighted by Crippen LogP contribution is 2.47. The molecule has 0 aliphatic carbocycles. The fourth-order valence-corrected chi connectivity index (χ4v) is 4.45. The molecule has 0 bridgehead atoms. The van der Waals surface area contributed by atoms with Crippen LogP contribution < -0.4 is 0 Å². The Labute approximate surface area is 133 Å². The van der Waals surface area contributed by atoms with Crippen LogP contribution in [0.1, 0.15) is 61.8 Å². The van der Waals surface area contributed by atoms with Gasteiger partial charge in [-0.15, -0.1) is 0 Å². The molecule has 1 fully saturated rings. The van der Waals surface area contributed by atoms with E-state index in [0.29, 0.717) is 47.5 Å². The molecule has 0 spiro atoms. The predicted molar refractivity (Wildman–Crippen MR) is 90.1 cm³/mol. The van der Waals surface area contributed by atoms with Gasteiger partial charge in [-0.25, -0.2) is 0 Å². The van der Waals surface area contributed by atoms with Gasteiger partial charge in [0, 0.05) is 13.0 Å². The van der Waals surface area contributed by atoms with E-state index in [0.717, 1.165) is 6.42 Å². The van der Waals surface area contributed by atoms with Crippen molar-refractivity contribution in [2.45, 2.75) is 74.2 Å². The van der Waals surface area contributed by atoms with Crippen LogP contribution in [-0.4, -0.2) is 19.5 Å². The minimum atomic E-state index is -0.0452. The fourth-order valence-electron chi connectivity index (χ4n) is 4.45. The Bertz CT molecular complexity index is 296. The molecule has 126 valence electrons. The summed E-state index contributed by atoms with van der Waals surface area (Å²) in [5, 5.41) is 0. The van der Waals surface area contributed by atoms with Gasteiger partial charge in [-0.2, -0.15) is 0 Å². The summed E-state index contributed by atoms with van der Waals surface area (Å²) in [6, 6.07) is 0. The van der Waals surface area contributed by atoms with Crippen LogP contribution in [0.5, 0.6) is 0 Å². The summed E-state index contributed by atoms with van der Waals surface area (Å²) in [7, 11) is 1.81. The molecular weight excluding hydrogens is 260 g/mol. The van der Waals surface area contributed by atoms with Crippen LogP contribution in [0.4, 0.5) is 0 Å². The zero-order valence-corrected chi connectivity index (χ0v) is 15.7. The molecule has 0 aromatic rings. The number of hydrogen-bond donors (Lipinski definition) is 0. The van der Waals surface area contributed by atoms with Crippen molar-refractivity contribution >= 4 is 0 Å². The van der Waals surface area contributed by atoms with Crippen molar-refractivity contribution in [1.82, 2.24) is 0 Å². The van der Waals surface area contributed by atoms with Crippen LogP contribution in [0.3, 0.4) is 0 Å². The lowest BCUT2D eigenvalue weighted by Crippen LogP contribution is -2.53. The maximum absolute atomic E-state index is 6.45. The number of rotatable bonds is 6. The van der Waals surface area contributed by atoms with Crippen molar-refractivity contribution in [3.63, 3.8) is 0 Å². The molecule has 5 unspecified atom stereocenters. The Kier molecular flexibility index (Phi) is 7.19. The van der Waals surface area contributed by atoms with Crippen LogP contribution in [0.25, 0.3) is 0 Å². The van der Waals surface area contributed by atoms with Crippen LogP contribution in [0, 0.1) is 41.4 Å². The van der Waals surface area contributed by atoms with Gasteiger partial charge in [0.15, 0.2) is 6.29 Å². The minimum absolute atomic E-state index is 0.0452. The Hall–Kier alpha value is -0.0800. The monoisotopic (exact) mass is 298 g/mol. The van der Waals surface area contributed by atoms with Crippen LogP contribution in [0.15, 0.2) is 0 Å². The maximum Gasteiger partial charge on any atom is 0.160 e. The van der Waals surface area contributed by atoms with Crippen LogP contribution in [-0.2, 0) is 9.47 Å². The second kappa shape index (κ2) is 7.97. The van der Waals surface area contributed by atoms with Gasteiger partial charge in [-0.3, -0.25) is 0 Å². The van der Waals surface area contributed by atoms with E-state index >= 15 is 0 Å². The molecule has 0 radical (unpaired) electrons. The average molecular weight is 299 g/mol. The minimum Gasteiger partial charge on any atom is -0.356 e. The van der Waals surface area contributed by atoms with E-state index in [2.05, 4.69) is 55.4 Å². The first kappa shape index (κ1) is 19.0. The van der Waals surface area contributed by atoms with Crippen molar-refractivity contribution < 1.29 is 9.47 Å². The molecule has 0 N–H and O–H groups in total. The third-order valence-corrected chi connectivity index (χ3v) is 5.19. The molecule has 1 aliphatic heterocycles. The quantitative estimate of drug-likeness (QED) is 0.669.